The normalized spacial score (nSPS) is 11.0. The van der Waals surface area contributed by atoms with Crippen molar-refractivity contribution in [1.29, 1.82) is 0 Å². The number of H-pyrrole nitrogens is 1. The number of halogens is 1. The van der Waals surface area contributed by atoms with Crippen LogP contribution >= 0.6 is 35.6 Å². The van der Waals surface area contributed by atoms with E-state index >= 15 is 0 Å². The maximum atomic E-state index is 11.9. The molecule has 0 aliphatic carbocycles. The van der Waals surface area contributed by atoms with E-state index in [0.29, 0.717) is 11.6 Å². The number of nitrogens with one attached hydrogen (secondary N) is 2. The van der Waals surface area contributed by atoms with E-state index in [9.17, 15) is 14.7 Å². The number of carbonyl (C=O) groups excluding carboxylic acids is 1. The number of thioether (sulfide) groups is 1. The summed E-state index contributed by atoms with van der Waals surface area (Å²) in [6, 6.07) is 7.10. The first-order valence-corrected chi connectivity index (χ1v) is 9.46. The molecule has 0 fully saturated rings. The van der Waals surface area contributed by atoms with Crippen LogP contribution in [0.2, 0.25) is 5.02 Å². The minimum absolute atomic E-state index is 0.0716. The predicted octanol–water partition coefficient (Wildman–Crippen LogP) is 2.92. The van der Waals surface area contributed by atoms with Crippen LogP contribution in [0.25, 0.3) is 0 Å². The Morgan fingerprint density at radius 1 is 1.46 bits per heavy atom. The van der Waals surface area contributed by atoms with E-state index in [-0.39, 0.29) is 27.9 Å². The molecule has 10 heteroatoms. The molecule has 2 aromatic rings. The molecule has 138 valence electrons. The molecule has 0 saturated carbocycles. The van der Waals surface area contributed by atoms with Gasteiger partial charge in [0.15, 0.2) is 4.77 Å². The van der Waals surface area contributed by atoms with Crippen molar-refractivity contribution in [1.82, 2.24) is 15.0 Å². The van der Waals surface area contributed by atoms with Gasteiger partial charge in [-0.1, -0.05) is 18.5 Å². The molecular weight excluding hydrogens is 396 g/mol. The highest BCUT2D eigenvalue weighted by Gasteiger charge is 2.10. The van der Waals surface area contributed by atoms with Crippen molar-refractivity contribution in [2.24, 2.45) is 5.10 Å². The fourth-order valence-corrected chi connectivity index (χ4v) is 3.09. The highest BCUT2D eigenvalue weighted by Crippen LogP contribution is 2.19. The molecule has 0 aliphatic rings. The third-order valence-electron chi connectivity index (χ3n) is 3.22. The fraction of sp³-hybridized carbons (Fsp3) is 0.250. The molecule has 0 aliphatic heterocycles. The summed E-state index contributed by atoms with van der Waals surface area (Å²) in [4.78, 5) is 27.1. The average Bonchev–Trinajstić information content (AvgIpc) is 2.61. The number of aromatic amines is 1. The number of nitrogens with zero attached hydrogens (tertiary/aromatic N) is 2. The number of benzene rings is 1. The van der Waals surface area contributed by atoms with Gasteiger partial charge in [0.05, 0.1) is 12.0 Å². The Bertz CT molecular complexity index is 923. The van der Waals surface area contributed by atoms with Gasteiger partial charge in [-0.05, 0) is 42.9 Å². The lowest BCUT2D eigenvalue weighted by Crippen LogP contribution is -2.22. The van der Waals surface area contributed by atoms with E-state index in [1.54, 1.807) is 12.1 Å². The van der Waals surface area contributed by atoms with Crippen LogP contribution in [0.4, 0.5) is 0 Å². The highest BCUT2D eigenvalue weighted by atomic mass is 35.5. The van der Waals surface area contributed by atoms with Crippen molar-refractivity contribution >= 4 is 47.7 Å². The van der Waals surface area contributed by atoms with E-state index < -0.39 is 5.56 Å². The summed E-state index contributed by atoms with van der Waals surface area (Å²) in [5, 5.41) is 14.5. The summed E-state index contributed by atoms with van der Waals surface area (Å²) in [6.45, 7) is 2.37. The van der Waals surface area contributed by atoms with Gasteiger partial charge in [0.1, 0.15) is 5.56 Å². The molecule has 0 spiro atoms. The van der Waals surface area contributed by atoms with Crippen molar-refractivity contribution in [3.8, 4) is 5.88 Å². The fourth-order valence-electron chi connectivity index (χ4n) is 2.00. The largest absolute Gasteiger partial charge is 0.494 e. The topological polar surface area (TPSA) is 99.5 Å². The van der Waals surface area contributed by atoms with Gasteiger partial charge < -0.3 is 5.11 Å². The van der Waals surface area contributed by atoms with Gasteiger partial charge in [-0.25, -0.2) is 5.43 Å². The summed E-state index contributed by atoms with van der Waals surface area (Å²) in [6.07, 6.45) is 1.82. The molecule has 0 radical (unpaired) electrons. The summed E-state index contributed by atoms with van der Waals surface area (Å²) in [5.74, 6) is -0.491. The molecule has 0 bridgehead atoms. The van der Waals surface area contributed by atoms with Crippen LogP contribution in [0.3, 0.4) is 0 Å². The summed E-state index contributed by atoms with van der Waals surface area (Å²) in [5.41, 5.74) is 1.67. The van der Waals surface area contributed by atoms with Crippen molar-refractivity contribution in [3.63, 3.8) is 0 Å². The summed E-state index contributed by atoms with van der Waals surface area (Å²) >= 11 is 12.1. The molecule has 0 atom stereocenters. The van der Waals surface area contributed by atoms with Gasteiger partial charge >= 0.3 is 0 Å². The number of aromatic hydroxyl groups is 1. The molecule has 7 nitrogen and oxygen atoms in total. The van der Waals surface area contributed by atoms with Crippen LogP contribution in [-0.2, 0) is 11.3 Å². The Hall–Kier alpha value is -2.10. The SMILES string of the molecule is CCCn1c(O)c(/C=N/NC(=O)CSc2ccc(Cl)cc2)c(=O)[nH]c1=S. The molecule has 0 saturated heterocycles. The van der Waals surface area contributed by atoms with Crippen molar-refractivity contribution < 1.29 is 9.90 Å². The van der Waals surface area contributed by atoms with Crippen LogP contribution in [-0.4, -0.2) is 32.5 Å². The zero-order chi connectivity index (χ0) is 19.1. The Morgan fingerprint density at radius 3 is 2.81 bits per heavy atom. The first-order chi connectivity index (χ1) is 12.4. The lowest BCUT2D eigenvalue weighted by molar-refractivity contribution is -0.118. The maximum absolute atomic E-state index is 11.9. The third-order valence-corrected chi connectivity index (χ3v) is 4.81. The second-order valence-corrected chi connectivity index (χ2v) is 7.06. The highest BCUT2D eigenvalue weighted by molar-refractivity contribution is 8.00. The number of carbonyl (C=O) groups is 1. The lowest BCUT2D eigenvalue weighted by atomic mass is 10.3. The van der Waals surface area contributed by atoms with Gasteiger partial charge in [-0.3, -0.25) is 19.1 Å². The van der Waals surface area contributed by atoms with Crippen LogP contribution in [0.1, 0.15) is 18.9 Å². The molecule has 3 N–H and O–H groups in total. The monoisotopic (exact) mass is 412 g/mol. The van der Waals surface area contributed by atoms with Crippen LogP contribution in [0.15, 0.2) is 39.1 Å². The van der Waals surface area contributed by atoms with Gasteiger partial charge in [0, 0.05) is 16.5 Å². The second-order valence-electron chi connectivity index (χ2n) is 5.18. The maximum Gasteiger partial charge on any atom is 0.264 e. The second kappa shape index (κ2) is 9.56. The molecule has 1 aromatic carbocycles. The van der Waals surface area contributed by atoms with Crippen LogP contribution < -0.4 is 11.0 Å². The van der Waals surface area contributed by atoms with Crippen molar-refractivity contribution in [2.45, 2.75) is 24.8 Å². The van der Waals surface area contributed by atoms with Gasteiger partial charge in [0.25, 0.3) is 5.56 Å². The Labute approximate surface area is 164 Å². The van der Waals surface area contributed by atoms with Crippen molar-refractivity contribution in [3.05, 3.63) is 50.0 Å². The van der Waals surface area contributed by atoms with Gasteiger partial charge in [0.2, 0.25) is 11.8 Å². The van der Waals surface area contributed by atoms with Crippen LogP contribution in [0, 0.1) is 4.77 Å². The number of rotatable bonds is 7. The van der Waals surface area contributed by atoms with E-state index in [1.807, 2.05) is 19.1 Å². The number of amides is 1. The zero-order valence-corrected chi connectivity index (χ0v) is 16.2. The minimum atomic E-state index is -0.576. The van der Waals surface area contributed by atoms with E-state index in [0.717, 1.165) is 17.5 Å². The number of aromatic nitrogens is 2. The first-order valence-electron chi connectivity index (χ1n) is 7.68. The number of hydrazone groups is 1. The van der Waals surface area contributed by atoms with Gasteiger partial charge in [-0.2, -0.15) is 5.10 Å². The van der Waals surface area contributed by atoms with Gasteiger partial charge in [-0.15, -0.1) is 11.8 Å². The third kappa shape index (κ3) is 5.45. The van der Waals surface area contributed by atoms with Crippen molar-refractivity contribution in [2.75, 3.05) is 5.75 Å². The smallest absolute Gasteiger partial charge is 0.264 e. The quantitative estimate of drug-likeness (QED) is 0.281. The first kappa shape index (κ1) is 20.2. The molecular formula is C16H17ClN4O3S2. The van der Waals surface area contributed by atoms with Crippen LogP contribution in [0.5, 0.6) is 5.88 Å². The van der Waals surface area contributed by atoms with E-state index in [1.165, 1.54) is 16.3 Å². The Kier molecular flexibility index (Phi) is 7.43. The average molecular weight is 413 g/mol. The molecule has 26 heavy (non-hydrogen) atoms. The standard InChI is InChI=1S/C16H17ClN4O3S2/c1-2-7-21-15(24)12(14(23)19-16(21)25)8-18-20-13(22)9-26-11-5-3-10(17)4-6-11/h3-6,8,24H,2,7,9H2,1H3,(H,20,22)(H,19,23,25)/b18-8+. The molecule has 1 heterocycles. The molecule has 2 rings (SSSR count). The van der Waals surface area contributed by atoms with E-state index in [4.69, 9.17) is 23.8 Å². The molecule has 0 unspecified atom stereocenters. The number of hydrogen-bond donors (Lipinski definition) is 3. The lowest BCUT2D eigenvalue weighted by Gasteiger charge is -2.09. The Balaban J connectivity index is 2.00. The zero-order valence-electron chi connectivity index (χ0n) is 13.9. The summed E-state index contributed by atoms with van der Waals surface area (Å²) < 4.78 is 1.53. The molecule has 1 aromatic heterocycles. The number of hydrogen-bond acceptors (Lipinski definition) is 6. The molecule has 1 amide bonds. The van der Waals surface area contributed by atoms with E-state index in [2.05, 4.69) is 15.5 Å². The minimum Gasteiger partial charge on any atom is -0.494 e. The summed E-state index contributed by atoms with van der Waals surface area (Å²) in [7, 11) is 0. The Morgan fingerprint density at radius 2 is 2.15 bits per heavy atom. The predicted molar refractivity (Wildman–Crippen MR) is 106 cm³/mol.